The Morgan fingerprint density at radius 3 is 2.77 bits per heavy atom. The van der Waals surface area contributed by atoms with E-state index in [4.69, 9.17) is 14.5 Å². The summed E-state index contributed by atoms with van der Waals surface area (Å²) < 4.78 is 12.3. The highest BCUT2D eigenvalue weighted by atomic mass is 16.5. The Labute approximate surface area is 251 Å². The molecule has 11 nitrogen and oxygen atoms in total. The van der Waals surface area contributed by atoms with E-state index in [0.717, 1.165) is 35.1 Å². The fourth-order valence-corrected chi connectivity index (χ4v) is 5.81. The minimum absolute atomic E-state index is 0.0341. The van der Waals surface area contributed by atoms with Crippen LogP contribution in [0.5, 0.6) is 17.2 Å². The van der Waals surface area contributed by atoms with E-state index < -0.39 is 0 Å². The van der Waals surface area contributed by atoms with Gasteiger partial charge in [0.15, 0.2) is 17.4 Å². The number of carbonyl (C=O) groups is 1. The number of benzene rings is 1. The van der Waals surface area contributed by atoms with E-state index in [-0.39, 0.29) is 11.9 Å². The molecule has 6 rings (SSSR count). The standard InChI is InChI=1S/C32H38N8O3/c1-20(16-38(4)5)12-29(41)40-11-10-39-17-24(40)18-42-28-14-26-30(37-32(28)39)31(35-19-34-26)36-23-7-9-27(21(2)13-23)43-25-8-6-22(3)33-15-25/h6-9,13-15,19-20,24H,10-12,16-18H2,1-5H3,(H,34,35,36)/t20?,24-/m0/s1. The lowest BCUT2D eigenvalue weighted by molar-refractivity contribution is -0.135. The summed E-state index contributed by atoms with van der Waals surface area (Å²) in [7, 11) is 4.08. The molecule has 0 saturated carbocycles. The monoisotopic (exact) mass is 582 g/mol. The van der Waals surface area contributed by atoms with E-state index in [2.05, 4.69) is 37.0 Å². The number of ether oxygens (including phenoxy) is 2. The third-order valence-corrected chi connectivity index (χ3v) is 7.84. The van der Waals surface area contributed by atoms with Gasteiger partial charge in [-0.3, -0.25) is 9.78 Å². The molecule has 4 aromatic rings. The highest BCUT2D eigenvalue weighted by Gasteiger charge is 2.36. The van der Waals surface area contributed by atoms with Crippen LogP contribution >= 0.6 is 0 Å². The van der Waals surface area contributed by atoms with E-state index in [9.17, 15) is 4.79 Å². The van der Waals surface area contributed by atoms with Gasteiger partial charge in [-0.2, -0.15) is 0 Å². The highest BCUT2D eigenvalue weighted by molar-refractivity contribution is 5.90. The summed E-state index contributed by atoms with van der Waals surface area (Å²) in [6.07, 6.45) is 3.78. The maximum atomic E-state index is 13.2. The van der Waals surface area contributed by atoms with Crippen molar-refractivity contribution >= 4 is 34.3 Å². The van der Waals surface area contributed by atoms with E-state index in [1.807, 2.05) is 69.2 Å². The molecule has 2 aliphatic rings. The van der Waals surface area contributed by atoms with Crippen molar-refractivity contribution in [2.75, 3.05) is 57.1 Å². The topological polar surface area (TPSA) is 109 Å². The first kappa shape index (κ1) is 28.6. The quantitative estimate of drug-likeness (QED) is 0.317. The summed E-state index contributed by atoms with van der Waals surface area (Å²) in [5.41, 5.74) is 4.10. The molecule has 0 aliphatic carbocycles. The van der Waals surface area contributed by atoms with Gasteiger partial charge in [-0.05, 0) is 69.8 Å². The molecule has 2 aliphatic heterocycles. The lowest BCUT2D eigenvalue weighted by Gasteiger charge is -2.40. The third kappa shape index (κ3) is 6.31. The predicted molar refractivity (Wildman–Crippen MR) is 166 cm³/mol. The van der Waals surface area contributed by atoms with Crippen molar-refractivity contribution in [1.82, 2.24) is 29.7 Å². The molecular formula is C32H38N8O3. The SMILES string of the molecule is Cc1ccc(Oc2ccc(Nc3ncnc4cc5c(nc34)N3CCN(C(=O)CC(C)CN(C)C)[C@H](CO5)C3)cc2C)cn1. The Balaban J connectivity index is 1.20. The maximum Gasteiger partial charge on any atom is 0.223 e. The van der Waals surface area contributed by atoms with Gasteiger partial charge in [0.2, 0.25) is 5.91 Å². The van der Waals surface area contributed by atoms with Gasteiger partial charge in [0.05, 0.1) is 17.8 Å². The van der Waals surface area contributed by atoms with Crippen LogP contribution in [0.4, 0.5) is 17.3 Å². The summed E-state index contributed by atoms with van der Waals surface area (Å²) in [5.74, 6) is 3.96. The first-order valence-corrected chi connectivity index (χ1v) is 14.7. The van der Waals surface area contributed by atoms with Crippen LogP contribution in [0.3, 0.4) is 0 Å². The molecule has 1 amide bonds. The molecule has 1 fully saturated rings. The smallest absolute Gasteiger partial charge is 0.223 e. The number of hydrogen-bond acceptors (Lipinski definition) is 10. The number of aromatic nitrogens is 4. The number of carbonyl (C=O) groups excluding carboxylic acids is 1. The molecule has 224 valence electrons. The second-order valence-electron chi connectivity index (χ2n) is 11.8. The van der Waals surface area contributed by atoms with Crippen LogP contribution in [-0.4, -0.2) is 88.6 Å². The molecule has 0 spiro atoms. The normalized spacial score (nSPS) is 16.8. The van der Waals surface area contributed by atoms with Crippen LogP contribution in [0, 0.1) is 19.8 Å². The summed E-state index contributed by atoms with van der Waals surface area (Å²) in [5, 5.41) is 3.42. The van der Waals surface area contributed by atoms with Crippen molar-refractivity contribution in [2.45, 2.75) is 33.2 Å². The number of piperazine rings is 1. The van der Waals surface area contributed by atoms with Crippen LogP contribution in [0.1, 0.15) is 24.6 Å². The van der Waals surface area contributed by atoms with Crippen LogP contribution in [0.25, 0.3) is 11.0 Å². The highest BCUT2D eigenvalue weighted by Crippen LogP contribution is 2.36. The zero-order valence-corrected chi connectivity index (χ0v) is 25.4. The van der Waals surface area contributed by atoms with E-state index >= 15 is 0 Å². The number of nitrogens with one attached hydrogen (secondary N) is 1. The Kier molecular flexibility index (Phi) is 7.98. The fourth-order valence-electron chi connectivity index (χ4n) is 5.81. The predicted octanol–water partition coefficient (Wildman–Crippen LogP) is 4.57. The second kappa shape index (κ2) is 12.0. The Bertz CT molecular complexity index is 1630. The molecule has 0 radical (unpaired) electrons. The third-order valence-electron chi connectivity index (χ3n) is 7.84. The van der Waals surface area contributed by atoms with Gasteiger partial charge in [-0.1, -0.05) is 6.92 Å². The van der Waals surface area contributed by atoms with Crippen molar-refractivity contribution in [3.05, 3.63) is 60.2 Å². The van der Waals surface area contributed by atoms with E-state index in [1.54, 1.807) is 6.20 Å². The van der Waals surface area contributed by atoms with Gasteiger partial charge in [0.1, 0.15) is 29.9 Å². The minimum Gasteiger partial charge on any atom is -0.487 e. The molecule has 3 aromatic heterocycles. The molecular weight excluding hydrogens is 544 g/mol. The zero-order valence-electron chi connectivity index (χ0n) is 25.4. The molecule has 5 heterocycles. The Morgan fingerprint density at radius 1 is 1.14 bits per heavy atom. The van der Waals surface area contributed by atoms with Gasteiger partial charge < -0.3 is 29.5 Å². The van der Waals surface area contributed by atoms with Crippen molar-refractivity contribution in [3.63, 3.8) is 0 Å². The Hall–Kier alpha value is -4.51. The molecule has 2 bridgehead atoms. The van der Waals surface area contributed by atoms with Gasteiger partial charge >= 0.3 is 0 Å². The average molecular weight is 583 g/mol. The molecule has 1 N–H and O–H groups in total. The van der Waals surface area contributed by atoms with Gasteiger partial charge in [-0.15, -0.1) is 0 Å². The van der Waals surface area contributed by atoms with Gasteiger partial charge in [-0.25, -0.2) is 15.0 Å². The van der Waals surface area contributed by atoms with Crippen LogP contribution < -0.4 is 19.7 Å². The largest absolute Gasteiger partial charge is 0.487 e. The first-order valence-electron chi connectivity index (χ1n) is 14.7. The second-order valence-corrected chi connectivity index (χ2v) is 11.8. The number of nitrogens with zero attached hydrogens (tertiary/aromatic N) is 7. The Morgan fingerprint density at radius 2 is 2.00 bits per heavy atom. The minimum atomic E-state index is -0.0341. The first-order chi connectivity index (χ1) is 20.7. The van der Waals surface area contributed by atoms with Crippen LogP contribution in [0.2, 0.25) is 0 Å². The van der Waals surface area contributed by atoms with Gasteiger partial charge in [0.25, 0.3) is 0 Å². The summed E-state index contributed by atoms with van der Waals surface area (Å²) >= 11 is 0. The number of amides is 1. The number of fused-ring (bicyclic) bond motifs is 5. The molecule has 11 heteroatoms. The summed E-state index contributed by atoms with van der Waals surface area (Å²) in [6.45, 7) is 9.38. The van der Waals surface area contributed by atoms with Crippen molar-refractivity contribution in [3.8, 4) is 17.2 Å². The molecule has 43 heavy (non-hydrogen) atoms. The van der Waals surface area contributed by atoms with Gasteiger partial charge in [0, 0.05) is 50.0 Å². The van der Waals surface area contributed by atoms with Crippen molar-refractivity contribution < 1.29 is 14.3 Å². The average Bonchev–Trinajstić information content (AvgIpc) is 3.10. The van der Waals surface area contributed by atoms with Crippen LogP contribution in [0.15, 0.2) is 48.9 Å². The number of rotatable bonds is 8. The van der Waals surface area contributed by atoms with E-state index in [1.165, 1.54) is 6.33 Å². The molecule has 2 atom stereocenters. The summed E-state index contributed by atoms with van der Waals surface area (Å²) in [4.78, 5) is 37.9. The number of anilines is 3. The van der Waals surface area contributed by atoms with E-state index in [0.29, 0.717) is 66.9 Å². The molecule has 1 unspecified atom stereocenters. The number of hydrogen-bond donors (Lipinski definition) is 1. The van der Waals surface area contributed by atoms with Crippen molar-refractivity contribution in [2.24, 2.45) is 5.92 Å². The van der Waals surface area contributed by atoms with Crippen molar-refractivity contribution in [1.29, 1.82) is 0 Å². The number of aryl methyl sites for hydroxylation is 2. The lowest BCUT2D eigenvalue weighted by Crippen LogP contribution is -2.56. The zero-order chi connectivity index (χ0) is 30.1. The summed E-state index contributed by atoms with van der Waals surface area (Å²) in [6, 6.07) is 11.6. The lowest BCUT2D eigenvalue weighted by atomic mass is 10.0. The number of pyridine rings is 2. The fraction of sp³-hybridized carbons (Fsp3) is 0.406. The van der Waals surface area contributed by atoms with Crippen LogP contribution in [-0.2, 0) is 4.79 Å². The molecule has 1 saturated heterocycles. The molecule has 1 aromatic carbocycles. The maximum absolute atomic E-state index is 13.2.